The topological polar surface area (TPSA) is 74.6 Å². The summed E-state index contributed by atoms with van der Waals surface area (Å²) >= 11 is 1.40. The molecule has 8 nitrogen and oxygen atoms in total. The van der Waals surface area contributed by atoms with E-state index in [0.29, 0.717) is 48.5 Å². The number of likely N-dealkylation sites (tertiary alicyclic amines) is 1. The Hall–Kier alpha value is -2.99. The standard InChI is InChI=1S/C22H23F3N6O2S/c1-14-27-17-8-15(2-3-19(17)31(14)12-22(23,24)25)20(32)30-9-16(10-30)28-4-6-29(7-5-28)21(33)18-11-34-13-26-18/h2-3,8,11,13,16H,4-7,9-10,12H2,1H3. The largest absolute Gasteiger partial charge is 0.406 e. The molecule has 5 rings (SSSR count). The minimum absolute atomic E-state index is 0.0466. The molecule has 2 fully saturated rings. The summed E-state index contributed by atoms with van der Waals surface area (Å²) in [6, 6.07) is 4.89. The molecular formula is C22H23F3N6O2S. The molecule has 0 saturated carbocycles. The highest BCUT2D eigenvalue weighted by atomic mass is 32.1. The molecule has 2 amide bonds. The number of alkyl halides is 3. The molecule has 180 valence electrons. The Bertz CT molecular complexity index is 1210. The summed E-state index contributed by atoms with van der Waals surface area (Å²) < 4.78 is 39.7. The molecule has 0 radical (unpaired) electrons. The molecular weight excluding hydrogens is 469 g/mol. The van der Waals surface area contributed by atoms with Crippen molar-refractivity contribution in [2.24, 2.45) is 0 Å². The van der Waals surface area contributed by atoms with Crippen molar-refractivity contribution in [2.45, 2.75) is 25.7 Å². The highest BCUT2D eigenvalue weighted by Crippen LogP contribution is 2.26. The van der Waals surface area contributed by atoms with Crippen LogP contribution >= 0.6 is 11.3 Å². The van der Waals surface area contributed by atoms with Gasteiger partial charge in [0.2, 0.25) is 0 Å². The number of carbonyl (C=O) groups excluding carboxylic acids is 2. The van der Waals surface area contributed by atoms with E-state index < -0.39 is 12.7 Å². The number of imidazole rings is 1. The van der Waals surface area contributed by atoms with E-state index in [0.717, 1.165) is 17.7 Å². The second-order valence-electron chi connectivity index (χ2n) is 8.63. The minimum Gasteiger partial charge on any atom is -0.335 e. The molecule has 12 heteroatoms. The first-order valence-corrected chi connectivity index (χ1v) is 11.9. The molecule has 0 aliphatic carbocycles. The molecule has 0 atom stereocenters. The average molecular weight is 493 g/mol. The van der Waals surface area contributed by atoms with Crippen LogP contribution in [0.1, 0.15) is 26.7 Å². The van der Waals surface area contributed by atoms with Crippen LogP contribution in [0.25, 0.3) is 11.0 Å². The summed E-state index contributed by atoms with van der Waals surface area (Å²) in [5.41, 5.74) is 3.29. The van der Waals surface area contributed by atoms with Gasteiger partial charge in [0.25, 0.3) is 11.8 Å². The summed E-state index contributed by atoms with van der Waals surface area (Å²) in [5.74, 6) is 0.0569. The Kier molecular flexibility index (Phi) is 5.80. The van der Waals surface area contributed by atoms with Crippen molar-refractivity contribution < 1.29 is 22.8 Å². The van der Waals surface area contributed by atoms with Crippen molar-refractivity contribution in [1.29, 1.82) is 0 Å². The summed E-state index contributed by atoms with van der Waals surface area (Å²) in [6.45, 7) is 4.30. The van der Waals surface area contributed by atoms with Gasteiger partial charge in [0.1, 0.15) is 18.1 Å². The molecule has 1 aromatic carbocycles. The Balaban J connectivity index is 1.17. The van der Waals surface area contributed by atoms with E-state index in [9.17, 15) is 22.8 Å². The quantitative estimate of drug-likeness (QED) is 0.560. The fourth-order valence-electron chi connectivity index (χ4n) is 4.57. The second-order valence-corrected chi connectivity index (χ2v) is 9.35. The number of aromatic nitrogens is 3. The smallest absolute Gasteiger partial charge is 0.335 e. The van der Waals surface area contributed by atoms with Gasteiger partial charge in [0, 0.05) is 56.3 Å². The number of piperazine rings is 1. The van der Waals surface area contributed by atoms with Gasteiger partial charge in [-0.1, -0.05) is 0 Å². The molecule has 34 heavy (non-hydrogen) atoms. The highest BCUT2D eigenvalue weighted by Gasteiger charge is 2.37. The monoisotopic (exact) mass is 492 g/mol. The van der Waals surface area contributed by atoms with Crippen LogP contribution in [0.5, 0.6) is 0 Å². The molecule has 0 N–H and O–H groups in total. The number of benzene rings is 1. The van der Waals surface area contributed by atoms with Gasteiger partial charge in [-0.3, -0.25) is 14.5 Å². The van der Waals surface area contributed by atoms with Crippen molar-refractivity contribution in [3.8, 4) is 0 Å². The van der Waals surface area contributed by atoms with Crippen molar-refractivity contribution in [3.63, 3.8) is 0 Å². The molecule has 2 aliphatic rings. The molecule has 0 spiro atoms. The Morgan fingerprint density at radius 1 is 1.09 bits per heavy atom. The molecule has 2 aliphatic heterocycles. The van der Waals surface area contributed by atoms with Gasteiger partial charge in [-0.2, -0.15) is 13.2 Å². The van der Waals surface area contributed by atoms with Gasteiger partial charge in [0.15, 0.2) is 0 Å². The molecule has 0 bridgehead atoms. The lowest BCUT2D eigenvalue weighted by molar-refractivity contribution is -0.140. The minimum atomic E-state index is -4.35. The summed E-state index contributed by atoms with van der Waals surface area (Å²) in [6.07, 6.45) is -4.35. The van der Waals surface area contributed by atoms with Crippen LogP contribution in [-0.2, 0) is 6.54 Å². The molecule has 2 aromatic heterocycles. The zero-order chi connectivity index (χ0) is 24.0. The first-order chi connectivity index (χ1) is 16.2. The highest BCUT2D eigenvalue weighted by molar-refractivity contribution is 7.07. The van der Waals surface area contributed by atoms with Crippen molar-refractivity contribution in [2.75, 3.05) is 39.3 Å². The average Bonchev–Trinajstić information content (AvgIpc) is 3.40. The van der Waals surface area contributed by atoms with Crippen LogP contribution in [0.15, 0.2) is 29.1 Å². The predicted molar refractivity (Wildman–Crippen MR) is 120 cm³/mol. The van der Waals surface area contributed by atoms with E-state index in [-0.39, 0.29) is 23.7 Å². The number of aryl methyl sites for hydroxylation is 1. The SMILES string of the molecule is Cc1nc2cc(C(=O)N3CC(N4CCN(C(=O)c5cscn5)CC4)C3)ccc2n1CC(F)(F)F. The zero-order valence-corrected chi connectivity index (χ0v) is 19.3. The number of fused-ring (bicyclic) bond motifs is 1. The van der Waals surface area contributed by atoms with Crippen LogP contribution in [0.3, 0.4) is 0 Å². The zero-order valence-electron chi connectivity index (χ0n) is 18.5. The Morgan fingerprint density at radius 2 is 1.82 bits per heavy atom. The van der Waals surface area contributed by atoms with Gasteiger partial charge < -0.3 is 14.4 Å². The van der Waals surface area contributed by atoms with Crippen LogP contribution in [0.4, 0.5) is 13.2 Å². The van der Waals surface area contributed by atoms with E-state index in [1.54, 1.807) is 27.9 Å². The number of thiazole rings is 1. The summed E-state index contributed by atoms with van der Waals surface area (Å²) in [4.78, 5) is 39.5. The van der Waals surface area contributed by atoms with E-state index in [2.05, 4.69) is 14.9 Å². The Labute approximate surface area is 197 Å². The lowest BCUT2D eigenvalue weighted by atomic mass is 10.0. The molecule has 2 saturated heterocycles. The van der Waals surface area contributed by atoms with E-state index >= 15 is 0 Å². The van der Waals surface area contributed by atoms with Crippen molar-refractivity contribution in [3.05, 3.63) is 46.2 Å². The maximum atomic E-state index is 12.9. The second kappa shape index (κ2) is 8.66. The summed E-state index contributed by atoms with van der Waals surface area (Å²) in [7, 11) is 0. The lowest BCUT2D eigenvalue weighted by Crippen LogP contribution is -2.64. The number of amides is 2. The molecule has 4 heterocycles. The predicted octanol–water partition coefficient (Wildman–Crippen LogP) is 2.65. The van der Waals surface area contributed by atoms with E-state index in [4.69, 9.17) is 0 Å². The van der Waals surface area contributed by atoms with Crippen LogP contribution in [0, 0.1) is 6.92 Å². The number of hydrogen-bond donors (Lipinski definition) is 0. The lowest BCUT2D eigenvalue weighted by Gasteiger charge is -2.48. The van der Waals surface area contributed by atoms with Crippen molar-refractivity contribution in [1.82, 2.24) is 29.2 Å². The third kappa shape index (κ3) is 4.39. The maximum absolute atomic E-state index is 12.9. The normalized spacial score (nSPS) is 17.9. The van der Waals surface area contributed by atoms with E-state index in [1.807, 2.05) is 4.90 Å². The van der Waals surface area contributed by atoms with Gasteiger partial charge in [-0.25, -0.2) is 9.97 Å². The summed E-state index contributed by atoms with van der Waals surface area (Å²) in [5, 5.41) is 1.75. The van der Waals surface area contributed by atoms with Crippen LogP contribution < -0.4 is 0 Å². The number of carbonyl (C=O) groups is 2. The third-order valence-electron chi connectivity index (χ3n) is 6.44. The number of rotatable bonds is 4. The fraction of sp³-hybridized carbons (Fsp3) is 0.455. The number of nitrogens with zero attached hydrogens (tertiary/aromatic N) is 6. The van der Waals surface area contributed by atoms with Gasteiger partial charge in [-0.05, 0) is 25.1 Å². The Morgan fingerprint density at radius 3 is 2.47 bits per heavy atom. The first-order valence-electron chi connectivity index (χ1n) is 10.9. The molecule has 3 aromatic rings. The number of halogens is 3. The van der Waals surface area contributed by atoms with Crippen LogP contribution in [0.2, 0.25) is 0 Å². The van der Waals surface area contributed by atoms with Gasteiger partial charge >= 0.3 is 6.18 Å². The maximum Gasteiger partial charge on any atom is 0.406 e. The number of hydrogen-bond acceptors (Lipinski definition) is 6. The fourth-order valence-corrected chi connectivity index (χ4v) is 5.09. The first kappa shape index (κ1) is 22.8. The van der Waals surface area contributed by atoms with Gasteiger partial charge in [-0.15, -0.1) is 11.3 Å². The van der Waals surface area contributed by atoms with Crippen molar-refractivity contribution >= 4 is 34.2 Å². The van der Waals surface area contributed by atoms with Crippen LogP contribution in [-0.4, -0.2) is 92.5 Å². The van der Waals surface area contributed by atoms with Gasteiger partial charge in [0.05, 0.1) is 16.5 Å². The van der Waals surface area contributed by atoms with E-state index in [1.165, 1.54) is 24.3 Å². The molecule has 0 unspecified atom stereocenters. The third-order valence-corrected chi connectivity index (χ3v) is 7.03.